The van der Waals surface area contributed by atoms with Crippen LogP contribution in [0.3, 0.4) is 0 Å². The Bertz CT molecular complexity index is 317. The number of methoxy groups -OCH3 is 1. The first kappa shape index (κ1) is 14.9. The number of aliphatic hydroxyl groups excluding tert-OH is 1. The largest absolute Gasteiger partial charge is 0.456 e. The zero-order valence-electron chi connectivity index (χ0n) is 10.8. The highest BCUT2D eigenvalue weighted by Gasteiger charge is 2.47. The fourth-order valence-corrected chi connectivity index (χ4v) is 1.86. The molecule has 0 aromatic carbocycles. The molecule has 1 heterocycles. The highest BCUT2D eigenvalue weighted by atomic mass is 16.7. The summed E-state index contributed by atoms with van der Waals surface area (Å²) >= 11 is 0. The quantitative estimate of drug-likeness (QED) is 0.692. The van der Waals surface area contributed by atoms with Gasteiger partial charge in [-0.2, -0.15) is 0 Å². The topological polar surface area (TPSA) is 91.3 Å². The molecule has 0 aliphatic carbocycles. The van der Waals surface area contributed by atoms with E-state index in [-0.39, 0.29) is 0 Å². The lowest BCUT2D eigenvalue weighted by Gasteiger charge is -2.41. The zero-order chi connectivity index (χ0) is 13.9. The van der Waals surface area contributed by atoms with Gasteiger partial charge in [0.05, 0.1) is 6.10 Å². The van der Waals surface area contributed by atoms with Crippen molar-refractivity contribution in [3.05, 3.63) is 0 Å². The van der Waals surface area contributed by atoms with Crippen LogP contribution in [0, 0.1) is 0 Å². The lowest BCUT2D eigenvalue weighted by Crippen LogP contribution is -2.59. The van der Waals surface area contributed by atoms with Crippen LogP contribution in [-0.2, 0) is 28.5 Å². The van der Waals surface area contributed by atoms with Crippen LogP contribution < -0.4 is 0 Å². The number of hydrogen-bond acceptors (Lipinski definition) is 7. The van der Waals surface area contributed by atoms with Crippen LogP contribution in [0.5, 0.6) is 0 Å². The van der Waals surface area contributed by atoms with Crippen molar-refractivity contribution in [1.29, 1.82) is 0 Å². The Morgan fingerprint density at radius 1 is 1.11 bits per heavy atom. The molecule has 1 aliphatic heterocycles. The van der Waals surface area contributed by atoms with Gasteiger partial charge in [-0.3, -0.25) is 9.59 Å². The zero-order valence-corrected chi connectivity index (χ0v) is 10.8. The van der Waals surface area contributed by atoms with Gasteiger partial charge in [0.25, 0.3) is 0 Å². The van der Waals surface area contributed by atoms with Gasteiger partial charge in [-0.25, -0.2) is 0 Å². The molecule has 1 saturated heterocycles. The minimum absolute atomic E-state index is 0.546. The lowest BCUT2D eigenvalue weighted by molar-refractivity contribution is -0.291. The van der Waals surface area contributed by atoms with E-state index in [1.807, 2.05) is 0 Å². The van der Waals surface area contributed by atoms with E-state index in [0.29, 0.717) is 0 Å². The Labute approximate surface area is 105 Å². The molecule has 1 rings (SSSR count). The summed E-state index contributed by atoms with van der Waals surface area (Å²) in [6.45, 7) is 4.08. The van der Waals surface area contributed by atoms with E-state index in [9.17, 15) is 14.7 Å². The van der Waals surface area contributed by atoms with Crippen LogP contribution in [-0.4, -0.2) is 54.9 Å². The number of ether oxygens (including phenoxy) is 4. The standard InChI is InChI=1S/C11H18O7/c1-5-9(17-6(2)12)10(18-7(3)13)8(14)11(15-4)16-5/h5,8-11,14H,1-4H3/t5-,8+,9-,10-,11+/m0/s1. The molecular formula is C11H18O7. The average Bonchev–Trinajstić information content (AvgIpc) is 2.27. The van der Waals surface area contributed by atoms with Gasteiger partial charge in [0.15, 0.2) is 18.5 Å². The molecule has 0 spiro atoms. The number of carbonyl (C=O) groups excluding carboxylic acids is 2. The molecule has 0 bridgehead atoms. The van der Waals surface area contributed by atoms with E-state index in [0.717, 1.165) is 0 Å². The molecule has 1 fully saturated rings. The highest BCUT2D eigenvalue weighted by Crippen LogP contribution is 2.26. The number of carbonyl (C=O) groups is 2. The molecule has 5 atom stereocenters. The van der Waals surface area contributed by atoms with Gasteiger partial charge in [0, 0.05) is 21.0 Å². The maximum atomic E-state index is 11.0. The smallest absolute Gasteiger partial charge is 0.303 e. The summed E-state index contributed by atoms with van der Waals surface area (Å²) in [7, 11) is 1.36. The second kappa shape index (κ2) is 6.12. The highest BCUT2D eigenvalue weighted by molar-refractivity contribution is 5.67. The summed E-state index contributed by atoms with van der Waals surface area (Å²) in [6, 6.07) is 0. The predicted octanol–water partition coefficient (Wildman–Crippen LogP) is -0.398. The maximum Gasteiger partial charge on any atom is 0.303 e. The Balaban J connectivity index is 2.89. The molecule has 7 heteroatoms. The van der Waals surface area contributed by atoms with E-state index < -0.39 is 42.6 Å². The summed E-state index contributed by atoms with van der Waals surface area (Å²) in [5.41, 5.74) is 0. The van der Waals surface area contributed by atoms with E-state index in [1.165, 1.54) is 21.0 Å². The van der Waals surface area contributed by atoms with Crippen molar-refractivity contribution in [2.75, 3.05) is 7.11 Å². The molecule has 0 aromatic heterocycles. The van der Waals surface area contributed by atoms with Gasteiger partial charge >= 0.3 is 11.9 Å². The molecule has 0 amide bonds. The van der Waals surface area contributed by atoms with Crippen molar-refractivity contribution in [3.8, 4) is 0 Å². The molecular weight excluding hydrogens is 244 g/mol. The third kappa shape index (κ3) is 3.41. The number of rotatable bonds is 3. The van der Waals surface area contributed by atoms with E-state index in [2.05, 4.69) is 0 Å². The molecule has 0 saturated carbocycles. The van der Waals surface area contributed by atoms with Gasteiger partial charge in [-0.15, -0.1) is 0 Å². The molecule has 0 aromatic rings. The maximum absolute atomic E-state index is 11.0. The van der Waals surface area contributed by atoms with Gasteiger partial charge in [0.2, 0.25) is 0 Å². The summed E-state index contributed by atoms with van der Waals surface area (Å²) in [5, 5.41) is 9.96. The van der Waals surface area contributed by atoms with Crippen molar-refractivity contribution in [2.45, 2.75) is 51.5 Å². The molecule has 0 unspecified atom stereocenters. The van der Waals surface area contributed by atoms with Gasteiger partial charge in [0.1, 0.15) is 6.10 Å². The molecule has 104 valence electrons. The predicted molar refractivity (Wildman–Crippen MR) is 58.5 cm³/mol. The molecule has 18 heavy (non-hydrogen) atoms. The molecule has 1 aliphatic rings. The van der Waals surface area contributed by atoms with Crippen LogP contribution in [0.4, 0.5) is 0 Å². The van der Waals surface area contributed by atoms with Crippen LogP contribution >= 0.6 is 0 Å². The Morgan fingerprint density at radius 2 is 1.61 bits per heavy atom. The molecule has 0 radical (unpaired) electrons. The first-order chi connectivity index (χ1) is 8.36. The van der Waals surface area contributed by atoms with Crippen LogP contribution in [0.25, 0.3) is 0 Å². The second-order valence-electron chi connectivity index (χ2n) is 4.08. The number of esters is 2. The Hall–Kier alpha value is -1.18. The lowest BCUT2D eigenvalue weighted by atomic mass is 9.99. The van der Waals surface area contributed by atoms with Crippen LogP contribution in [0.15, 0.2) is 0 Å². The van der Waals surface area contributed by atoms with Gasteiger partial charge in [-0.05, 0) is 6.92 Å². The van der Waals surface area contributed by atoms with Crippen molar-refractivity contribution in [3.63, 3.8) is 0 Å². The molecule has 1 N–H and O–H groups in total. The normalized spacial score (nSPS) is 35.9. The minimum Gasteiger partial charge on any atom is -0.456 e. The monoisotopic (exact) mass is 262 g/mol. The number of hydrogen-bond donors (Lipinski definition) is 1. The van der Waals surface area contributed by atoms with Crippen molar-refractivity contribution in [2.24, 2.45) is 0 Å². The Morgan fingerprint density at radius 3 is 2.06 bits per heavy atom. The fraction of sp³-hybridized carbons (Fsp3) is 0.818. The van der Waals surface area contributed by atoms with Crippen LogP contribution in [0.2, 0.25) is 0 Å². The Kier molecular flexibility index (Phi) is 5.06. The first-order valence-corrected chi connectivity index (χ1v) is 5.57. The van der Waals surface area contributed by atoms with Crippen molar-refractivity contribution < 1.29 is 33.6 Å². The van der Waals surface area contributed by atoms with Crippen LogP contribution in [0.1, 0.15) is 20.8 Å². The van der Waals surface area contributed by atoms with Crippen molar-refractivity contribution >= 4 is 11.9 Å². The SMILES string of the molecule is CO[C@@H]1O[C@@H](C)[C@H](OC(C)=O)[C@@H](OC(C)=O)[C@H]1O. The summed E-state index contributed by atoms with van der Waals surface area (Å²) in [5.74, 6) is -1.13. The van der Waals surface area contributed by atoms with Gasteiger partial charge < -0.3 is 24.1 Å². The second-order valence-corrected chi connectivity index (χ2v) is 4.08. The summed E-state index contributed by atoms with van der Waals surface area (Å²) < 4.78 is 20.3. The van der Waals surface area contributed by atoms with E-state index >= 15 is 0 Å². The first-order valence-electron chi connectivity index (χ1n) is 5.57. The third-order valence-electron chi connectivity index (χ3n) is 2.59. The van der Waals surface area contributed by atoms with Crippen molar-refractivity contribution in [1.82, 2.24) is 0 Å². The average molecular weight is 262 g/mol. The molecule has 7 nitrogen and oxygen atoms in total. The fourth-order valence-electron chi connectivity index (χ4n) is 1.86. The van der Waals surface area contributed by atoms with Gasteiger partial charge in [-0.1, -0.05) is 0 Å². The third-order valence-corrected chi connectivity index (χ3v) is 2.59. The van der Waals surface area contributed by atoms with E-state index in [4.69, 9.17) is 18.9 Å². The van der Waals surface area contributed by atoms with E-state index in [1.54, 1.807) is 6.92 Å². The minimum atomic E-state index is -1.22. The summed E-state index contributed by atoms with van der Waals surface area (Å²) in [6.07, 6.45) is -4.60. The number of aliphatic hydroxyl groups is 1. The summed E-state index contributed by atoms with van der Waals surface area (Å²) in [4.78, 5) is 22.1.